The molecule has 0 spiro atoms. The molecule has 4 nitrogen and oxygen atoms in total. The van der Waals surface area contributed by atoms with E-state index in [0.717, 1.165) is 44.6 Å². The predicted molar refractivity (Wildman–Crippen MR) is 112 cm³/mol. The molecule has 0 saturated heterocycles. The number of carbonyl (C=O) groups is 1. The molecule has 0 aliphatic carbocycles. The number of aliphatic carboxylic acids is 1. The highest BCUT2D eigenvalue weighted by molar-refractivity contribution is 5.85. The van der Waals surface area contributed by atoms with E-state index in [2.05, 4.69) is 48.6 Å². The molecule has 0 saturated carbocycles. The number of carboxylic acids is 1. The fraction of sp³-hybridized carbons (Fsp3) is 0.409. The van der Waals surface area contributed by atoms with Crippen molar-refractivity contribution in [2.45, 2.75) is 39.0 Å². The van der Waals surface area contributed by atoms with Crippen LogP contribution in [0, 0.1) is 6.92 Å². The van der Waals surface area contributed by atoms with Gasteiger partial charge < -0.3 is 15.2 Å². The van der Waals surface area contributed by atoms with E-state index in [0.29, 0.717) is 6.54 Å². The molecule has 2 N–H and O–H groups in total. The number of hydrogen-bond donors (Lipinski definition) is 2. The van der Waals surface area contributed by atoms with Crippen LogP contribution in [0.1, 0.15) is 36.0 Å². The highest BCUT2D eigenvalue weighted by Gasteiger charge is 1.99. The fourth-order valence-electron chi connectivity index (χ4n) is 2.71. The summed E-state index contributed by atoms with van der Waals surface area (Å²) < 4.78 is 5.82. The zero-order valence-corrected chi connectivity index (χ0v) is 16.8. The first-order valence-corrected chi connectivity index (χ1v) is 9.33. The summed E-state index contributed by atoms with van der Waals surface area (Å²) in [5.41, 5.74) is 3.92. The van der Waals surface area contributed by atoms with E-state index in [-0.39, 0.29) is 18.8 Å². The molecule has 0 aromatic heterocycles. The monoisotopic (exact) mass is 391 g/mol. The molecule has 0 unspecified atom stereocenters. The molecule has 0 aliphatic rings. The van der Waals surface area contributed by atoms with E-state index in [9.17, 15) is 4.79 Å². The Kier molecular flexibility index (Phi) is 11.2. The Balaban J connectivity index is 0.00000364. The van der Waals surface area contributed by atoms with E-state index < -0.39 is 5.97 Å². The van der Waals surface area contributed by atoms with E-state index in [1.807, 2.05) is 12.1 Å². The largest absolute Gasteiger partial charge is 0.494 e. The summed E-state index contributed by atoms with van der Waals surface area (Å²) in [6.45, 7) is 4.20. The fourth-order valence-corrected chi connectivity index (χ4v) is 2.71. The average Bonchev–Trinajstić information content (AvgIpc) is 2.64. The summed E-state index contributed by atoms with van der Waals surface area (Å²) in [6, 6.07) is 16.9. The smallest absolute Gasteiger partial charge is 0.304 e. The summed E-state index contributed by atoms with van der Waals surface area (Å²) in [5, 5.41) is 11.7. The average molecular weight is 392 g/mol. The topological polar surface area (TPSA) is 58.6 Å². The first-order chi connectivity index (χ1) is 12.6. The van der Waals surface area contributed by atoms with Crippen LogP contribution in [0.15, 0.2) is 48.5 Å². The molecule has 0 heterocycles. The van der Waals surface area contributed by atoms with Gasteiger partial charge in [-0.15, -0.1) is 12.4 Å². The van der Waals surface area contributed by atoms with E-state index in [1.54, 1.807) is 0 Å². The van der Waals surface area contributed by atoms with Crippen molar-refractivity contribution >= 4 is 18.4 Å². The lowest BCUT2D eigenvalue weighted by Crippen LogP contribution is -2.19. The number of ether oxygens (including phenoxy) is 1. The van der Waals surface area contributed by atoms with Crippen molar-refractivity contribution in [2.75, 3.05) is 19.7 Å². The van der Waals surface area contributed by atoms with Crippen molar-refractivity contribution in [3.63, 3.8) is 0 Å². The van der Waals surface area contributed by atoms with Gasteiger partial charge in [0.2, 0.25) is 0 Å². The van der Waals surface area contributed by atoms with Gasteiger partial charge in [0.05, 0.1) is 13.0 Å². The Hall–Kier alpha value is -2.04. The van der Waals surface area contributed by atoms with Crippen LogP contribution in [-0.2, 0) is 17.6 Å². The van der Waals surface area contributed by atoms with Crippen molar-refractivity contribution in [3.05, 3.63) is 65.2 Å². The first kappa shape index (κ1) is 23.0. The van der Waals surface area contributed by atoms with Crippen LogP contribution >= 0.6 is 12.4 Å². The molecule has 2 aromatic carbocycles. The number of aryl methyl sites for hydroxylation is 3. The summed E-state index contributed by atoms with van der Waals surface area (Å²) >= 11 is 0. The van der Waals surface area contributed by atoms with Gasteiger partial charge in [-0.2, -0.15) is 0 Å². The second-order valence-electron chi connectivity index (χ2n) is 6.58. The second kappa shape index (κ2) is 13.2. The molecule has 5 heteroatoms. The van der Waals surface area contributed by atoms with Crippen LogP contribution in [-0.4, -0.2) is 30.8 Å². The molecule has 0 fully saturated rings. The lowest BCUT2D eigenvalue weighted by atomic mass is 10.1. The van der Waals surface area contributed by atoms with Crippen LogP contribution < -0.4 is 10.1 Å². The maximum absolute atomic E-state index is 10.4. The highest BCUT2D eigenvalue weighted by atomic mass is 35.5. The summed E-state index contributed by atoms with van der Waals surface area (Å²) in [4.78, 5) is 10.4. The number of hydrogen-bond acceptors (Lipinski definition) is 3. The van der Waals surface area contributed by atoms with E-state index in [1.165, 1.54) is 16.7 Å². The summed E-state index contributed by atoms with van der Waals surface area (Å²) in [7, 11) is 0. The molecule has 27 heavy (non-hydrogen) atoms. The Morgan fingerprint density at radius 3 is 2.15 bits per heavy atom. The maximum atomic E-state index is 10.4. The minimum Gasteiger partial charge on any atom is -0.494 e. The van der Waals surface area contributed by atoms with Gasteiger partial charge in [0.1, 0.15) is 5.75 Å². The van der Waals surface area contributed by atoms with Gasteiger partial charge in [-0.3, -0.25) is 4.79 Å². The molecule has 2 rings (SSSR count). The quantitative estimate of drug-likeness (QED) is 0.525. The Morgan fingerprint density at radius 2 is 1.52 bits per heavy atom. The number of benzene rings is 2. The highest BCUT2D eigenvalue weighted by Crippen LogP contribution is 2.14. The third-order valence-corrected chi connectivity index (χ3v) is 4.26. The predicted octanol–water partition coefficient (Wildman–Crippen LogP) is 4.43. The van der Waals surface area contributed by atoms with Crippen molar-refractivity contribution < 1.29 is 14.6 Å². The zero-order chi connectivity index (χ0) is 18.6. The SMILES string of the molecule is Cc1ccc(CCCOc2ccc(CCCNCCC(=O)O)cc2)cc1.Cl. The van der Waals surface area contributed by atoms with Gasteiger partial charge in [0.25, 0.3) is 0 Å². The molecular formula is C22H30ClNO3. The lowest BCUT2D eigenvalue weighted by molar-refractivity contribution is -0.136. The van der Waals surface area contributed by atoms with Crippen molar-refractivity contribution in [1.82, 2.24) is 5.32 Å². The van der Waals surface area contributed by atoms with Crippen molar-refractivity contribution in [3.8, 4) is 5.75 Å². The lowest BCUT2D eigenvalue weighted by Gasteiger charge is -2.08. The molecule has 0 amide bonds. The van der Waals surface area contributed by atoms with Crippen molar-refractivity contribution in [2.24, 2.45) is 0 Å². The minimum absolute atomic E-state index is 0. The molecule has 0 aliphatic heterocycles. The van der Waals surface area contributed by atoms with E-state index >= 15 is 0 Å². The maximum Gasteiger partial charge on any atom is 0.304 e. The van der Waals surface area contributed by atoms with Gasteiger partial charge in [-0.1, -0.05) is 42.0 Å². The summed E-state index contributed by atoms with van der Waals surface area (Å²) in [6.07, 6.45) is 4.19. The third kappa shape index (κ3) is 10.0. The molecule has 0 bridgehead atoms. The molecular weight excluding hydrogens is 362 g/mol. The standard InChI is InChI=1S/C22H29NO3.ClH/c1-18-6-8-20(9-7-18)5-3-17-26-21-12-10-19(11-13-21)4-2-15-23-16-14-22(24)25;/h6-13,23H,2-5,14-17H2,1H3,(H,24,25);1H. The third-order valence-electron chi connectivity index (χ3n) is 4.26. The van der Waals surface area contributed by atoms with Gasteiger partial charge in [0, 0.05) is 6.54 Å². The van der Waals surface area contributed by atoms with Gasteiger partial charge in [-0.05, 0) is 62.4 Å². The summed E-state index contributed by atoms with van der Waals surface area (Å²) in [5.74, 6) is 0.157. The van der Waals surface area contributed by atoms with Crippen molar-refractivity contribution in [1.29, 1.82) is 0 Å². The van der Waals surface area contributed by atoms with Gasteiger partial charge in [-0.25, -0.2) is 0 Å². The van der Waals surface area contributed by atoms with Crippen LogP contribution in [0.25, 0.3) is 0 Å². The number of halogens is 1. The van der Waals surface area contributed by atoms with Crippen LogP contribution in [0.3, 0.4) is 0 Å². The number of carboxylic acid groups (broad SMARTS) is 1. The molecule has 0 atom stereocenters. The second-order valence-corrected chi connectivity index (χ2v) is 6.58. The Morgan fingerprint density at radius 1 is 0.926 bits per heavy atom. The molecule has 2 aromatic rings. The number of nitrogens with one attached hydrogen (secondary N) is 1. The van der Waals surface area contributed by atoms with E-state index in [4.69, 9.17) is 9.84 Å². The van der Waals surface area contributed by atoms with Crippen LogP contribution in [0.2, 0.25) is 0 Å². The Labute approximate surface area is 168 Å². The molecule has 148 valence electrons. The minimum atomic E-state index is -0.757. The zero-order valence-electron chi connectivity index (χ0n) is 15.9. The number of rotatable bonds is 12. The van der Waals surface area contributed by atoms with Crippen LogP contribution in [0.5, 0.6) is 5.75 Å². The normalized spacial score (nSPS) is 10.3. The van der Waals surface area contributed by atoms with Crippen LogP contribution in [0.4, 0.5) is 0 Å². The Bertz CT molecular complexity index is 656. The molecule has 0 radical (unpaired) electrons. The van der Waals surface area contributed by atoms with Gasteiger partial charge >= 0.3 is 5.97 Å². The van der Waals surface area contributed by atoms with Gasteiger partial charge in [0.15, 0.2) is 0 Å². The first-order valence-electron chi connectivity index (χ1n) is 9.33.